The van der Waals surface area contributed by atoms with E-state index in [0.29, 0.717) is 35.5 Å². The first kappa shape index (κ1) is 18.5. The molecule has 0 amide bonds. The number of sulfonamides is 1. The number of nitrogens with zero attached hydrogens (tertiary/aromatic N) is 2. The summed E-state index contributed by atoms with van der Waals surface area (Å²) in [6.45, 7) is 1.09. The molecule has 0 unspecified atom stereocenters. The van der Waals surface area contributed by atoms with Crippen LogP contribution in [0.5, 0.6) is 0 Å². The first-order chi connectivity index (χ1) is 12.4. The molecule has 0 spiro atoms. The van der Waals surface area contributed by atoms with Gasteiger partial charge in [-0.2, -0.15) is 0 Å². The molecular formula is C17H17ClN4O3S. The molecule has 1 aromatic heterocycles. The SMILES string of the molecule is NS(=O)(=O)c1ccc(CCNCc2nnc(-c3ccccc3Cl)o2)cc1. The number of halogens is 1. The lowest BCUT2D eigenvalue weighted by molar-refractivity contribution is 0.478. The van der Waals surface area contributed by atoms with Gasteiger partial charge in [0.15, 0.2) is 0 Å². The van der Waals surface area contributed by atoms with E-state index >= 15 is 0 Å². The Kier molecular flexibility index (Phi) is 5.67. The molecule has 136 valence electrons. The van der Waals surface area contributed by atoms with E-state index in [9.17, 15) is 8.42 Å². The third-order valence-electron chi connectivity index (χ3n) is 3.69. The van der Waals surface area contributed by atoms with Crippen LogP contribution < -0.4 is 10.5 Å². The fourth-order valence-electron chi connectivity index (χ4n) is 2.34. The summed E-state index contributed by atoms with van der Waals surface area (Å²) in [6.07, 6.45) is 0.719. The van der Waals surface area contributed by atoms with E-state index in [2.05, 4.69) is 15.5 Å². The number of aromatic nitrogens is 2. The van der Waals surface area contributed by atoms with E-state index in [-0.39, 0.29) is 4.90 Å². The van der Waals surface area contributed by atoms with Crippen LogP contribution in [0.25, 0.3) is 11.5 Å². The van der Waals surface area contributed by atoms with Crippen molar-refractivity contribution in [3.05, 3.63) is 65.0 Å². The maximum absolute atomic E-state index is 11.2. The van der Waals surface area contributed by atoms with E-state index in [1.165, 1.54) is 12.1 Å². The summed E-state index contributed by atoms with van der Waals surface area (Å²) in [6, 6.07) is 13.7. The molecule has 0 bridgehead atoms. The van der Waals surface area contributed by atoms with Gasteiger partial charge in [0.1, 0.15) is 0 Å². The van der Waals surface area contributed by atoms with Gasteiger partial charge in [0.25, 0.3) is 0 Å². The van der Waals surface area contributed by atoms with Gasteiger partial charge in [-0.1, -0.05) is 35.9 Å². The van der Waals surface area contributed by atoms with Crippen LogP contribution in [0.2, 0.25) is 5.02 Å². The highest BCUT2D eigenvalue weighted by atomic mass is 35.5. The highest BCUT2D eigenvalue weighted by Crippen LogP contribution is 2.26. The molecular weight excluding hydrogens is 376 g/mol. The van der Waals surface area contributed by atoms with E-state index < -0.39 is 10.0 Å². The van der Waals surface area contributed by atoms with Crippen LogP contribution in [0.15, 0.2) is 57.8 Å². The predicted octanol–water partition coefficient (Wildman–Crippen LogP) is 2.37. The molecule has 0 aliphatic rings. The second-order valence-electron chi connectivity index (χ2n) is 5.60. The van der Waals surface area contributed by atoms with Crippen molar-refractivity contribution in [2.45, 2.75) is 17.9 Å². The molecule has 0 aliphatic carbocycles. The summed E-state index contributed by atoms with van der Waals surface area (Å²) in [5.41, 5.74) is 1.69. The summed E-state index contributed by atoms with van der Waals surface area (Å²) in [7, 11) is -3.66. The molecule has 7 nitrogen and oxygen atoms in total. The van der Waals surface area contributed by atoms with E-state index in [1.807, 2.05) is 18.2 Å². The van der Waals surface area contributed by atoms with Gasteiger partial charge < -0.3 is 9.73 Å². The lowest BCUT2D eigenvalue weighted by Gasteiger charge is -2.04. The van der Waals surface area contributed by atoms with Crippen LogP contribution in [0.4, 0.5) is 0 Å². The molecule has 0 atom stereocenters. The average molecular weight is 393 g/mol. The van der Waals surface area contributed by atoms with Crippen LogP contribution >= 0.6 is 11.6 Å². The van der Waals surface area contributed by atoms with Gasteiger partial charge in [0.2, 0.25) is 21.8 Å². The first-order valence-corrected chi connectivity index (χ1v) is 9.75. The van der Waals surface area contributed by atoms with E-state index in [0.717, 1.165) is 12.0 Å². The maximum Gasteiger partial charge on any atom is 0.249 e. The van der Waals surface area contributed by atoms with Crippen molar-refractivity contribution < 1.29 is 12.8 Å². The zero-order chi connectivity index (χ0) is 18.6. The molecule has 0 aliphatic heterocycles. The Bertz CT molecular complexity index is 987. The average Bonchev–Trinajstić information content (AvgIpc) is 3.07. The lowest BCUT2D eigenvalue weighted by Crippen LogP contribution is -2.17. The third kappa shape index (κ3) is 4.67. The zero-order valence-electron chi connectivity index (χ0n) is 13.7. The minimum absolute atomic E-state index is 0.104. The molecule has 3 N–H and O–H groups in total. The molecule has 26 heavy (non-hydrogen) atoms. The smallest absolute Gasteiger partial charge is 0.249 e. The molecule has 0 saturated heterocycles. The number of benzene rings is 2. The fourth-order valence-corrected chi connectivity index (χ4v) is 3.07. The predicted molar refractivity (Wildman–Crippen MR) is 98.0 cm³/mol. The Balaban J connectivity index is 1.51. The molecule has 0 radical (unpaired) electrons. The Labute approximate surface area is 156 Å². The number of nitrogens with one attached hydrogen (secondary N) is 1. The van der Waals surface area contributed by atoms with E-state index in [4.69, 9.17) is 21.2 Å². The van der Waals surface area contributed by atoms with Crippen molar-refractivity contribution in [2.24, 2.45) is 5.14 Å². The topological polar surface area (TPSA) is 111 Å². The summed E-state index contributed by atoms with van der Waals surface area (Å²) >= 11 is 6.11. The normalized spacial score (nSPS) is 11.6. The van der Waals surface area contributed by atoms with Gasteiger partial charge in [0, 0.05) is 0 Å². The highest BCUT2D eigenvalue weighted by Gasteiger charge is 2.11. The third-order valence-corrected chi connectivity index (χ3v) is 4.95. The number of rotatable bonds is 7. The van der Waals surface area contributed by atoms with Gasteiger partial charge in [-0.25, -0.2) is 13.6 Å². The van der Waals surface area contributed by atoms with Crippen LogP contribution in [-0.4, -0.2) is 25.2 Å². The Morgan fingerprint density at radius 1 is 1.08 bits per heavy atom. The summed E-state index contributed by atoms with van der Waals surface area (Å²) in [5.74, 6) is 0.843. The van der Waals surface area contributed by atoms with Gasteiger partial charge >= 0.3 is 0 Å². The van der Waals surface area contributed by atoms with Gasteiger partial charge in [-0.3, -0.25) is 0 Å². The molecule has 3 aromatic rings. The Hall–Kier alpha value is -2.26. The second-order valence-corrected chi connectivity index (χ2v) is 7.57. The summed E-state index contributed by atoms with van der Waals surface area (Å²) in [5, 5.41) is 16.8. The maximum atomic E-state index is 11.2. The zero-order valence-corrected chi connectivity index (χ0v) is 15.3. The molecule has 2 aromatic carbocycles. The van der Waals surface area contributed by atoms with Crippen molar-refractivity contribution in [1.82, 2.24) is 15.5 Å². The number of nitrogens with two attached hydrogens (primary N) is 1. The van der Waals surface area contributed by atoms with Crippen molar-refractivity contribution >= 4 is 21.6 Å². The van der Waals surface area contributed by atoms with Crippen molar-refractivity contribution in [1.29, 1.82) is 0 Å². The molecule has 9 heteroatoms. The van der Waals surface area contributed by atoms with Crippen LogP contribution in [0.3, 0.4) is 0 Å². The van der Waals surface area contributed by atoms with Gasteiger partial charge in [0.05, 0.1) is 22.0 Å². The van der Waals surface area contributed by atoms with Crippen molar-refractivity contribution in [3.63, 3.8) is 0 Å². The quantitative estimate of drug-likeness (QED) is 0.597. The van der Waals surface area contributed by atoms with Crippen LogP contribution in [0, 0.1) is 0 Å². The Morgan fingerprint density at radius 2 is 1.81 bits per heavy atom. The molecule has 0 saturated carbocycles. The second kappa shape index (κ2) is 7.96. The number of hydrogen-bond donors (Lipinski definition) is 2. The number of hydrogen-bond acceptors (Lipinski definition) is 6. The standard InChI is InChI=1S/C17H17ClN4O3S/c18-15-4-2-1-3-14(15)17-22-21-16(25-17)11-20-10-9-12-5-7-13(8-6-12)26(19,23)24/h1-8,20H,9-11H2,(H2,19,23,24). The largest absolute Gasteiger partial charge is 0.419 e. The minimum Gasteiger partial charge on any atom is -0.419 e. The first-order valence-electron chi connectivity index (χ1n) is 7.83. The van der Waals surface area contributed by atoms with Crippen molar-refractivity contribution in [3.8, 4) is 11.5 Å². The van der Waals surface area contributed by atoms with Crippen LogP contribution in [0.1, 0.15) is 11.5 Å². The summed E-state index contributed by atoms with van der Waals surface area (Å²) in [4.78, 5) is 0.104. The minimum atomic E-state index is -3.66. The monoisotopic (exact) mass is 392 g/mol. The molecule has 0 fully saturated rings. The van der Waals surface area contributed by atoms with E-state index in [1.54, 1.807) is 18.2 Å². The summed E-state index contributed by atoms with van der Waals surface area (Å²) < 4.78 is 28.0. The molecule has 1 heterocycles. The number of primary sulfonamides is 1. The Morgan fingerprint density at radius 3 is 2.50 bits per heavy atom. The van der Waals surface area contributed by atoms with Gasteiger partial charge in [-0.05, 0) is 42.8 Å². The van der Waals surface area contributed by atoms with Gasteiger partial charge in [-0.15, -0.1) is 10.2 Å². The fraction of sp³-hybridized carbons (Fsp3) is 0.176. The molecule has 3 rings (SSSR count). The highest BCUT2D eigenvalue weighted by molar-refractivity contribution is 7.89. The lowest BCUT2D eigenvalue weighted by atomic mass is 10.1. The van der Waals surface area contributed by atoms with Crippen molar-refractivity contribution in [2.75, 3.05) is 6.54 Å². The van der Waals surface area contributed by atoms with Crippen LogP contribution in [-0.2, 0) is 23.0 Å².